The van der Waals surface area contributed by atoms with Gasteiger partial charge >= 0.3 is 0 Å². The number of aliphatic imine (C=N–C) groups is 1. The quantitative estimate of drug-likeness (QED) is 0.379. The van der Waals surface area contributed by atoms with Crippen LogP contribution in [0.4, 0.5) is 5.69 Å². The van der Waals surface area contributed by atoms with Crippen LogP contribution in [0.2, 0.25) is 0 Å². The van der Waals surface area contributed by atoms with Crippen LogP contribution in [0.1, 0.15) is 5.56 Å². The maximum atomic E-state index is 5.92. The van der Waals surface area contributed by atoms with E-state index in [0.717, 1.165) is 28.5 Å². The topological polar surface area (TPSA) is 78.1 Å². The predicted molar refractivity (Wildman–Crippen MR) is 112 cm³/mol. The van der Waals surface area contributed by atoms with Gasteiger partial charge in [0, 0.05) is 12.2 Å². The lowest BCUT2D eigenvalue weighted by Crippen LogP contribution is -2.23. The summed E-state index contributed by atoms with van der Waals surface area (Å²) in [7, 11) is 4.92. The van der Waals surface area contributed by atoms with Gasteiger partial charge in [0.25, 0.3) is 0 Å². The van der Waals surface area contributed by atoms with E-state index in [1.807, 2.05) is 42.5 Å². The van der Waals surface area contributed by atoms with Crippen molar-refractivity contribution in [2.45, 2.75) is 6.42 Å². The minimum absolute atomic E-state index is 0. The van der Waals surface area contributed by atoms with Crippen LogP contribution in [-0.4, -0.2) is 33.8 Å². The molecule has 2 aromatic carbocycles. The van der Waals surface area contributed by atoms with E-state index < -0.39 is 0 Å². The lowest BCUT2D eigenvalue weighted by atomic mass is 10.1. The summed E-state index contributed by atoms with van der Waals surface area (Å²) in [5, 5.41) is 3.05. The van der Waals surface area contributed by atoms with Crippen molar-refractivity contribution in [3.05, 3.63) is 48.0 Å². The largest absolute Gasteiger partial charge is 0.497 e. The second kappa shape index (κ2) is 10.7. The Morgan fingerprint density at radius 3 is 2.20 bits per heavy atom. The first-order chi connectivity index (χ1) is 11.7. The average Bonchev–Trinajstić information content (AvgIpc) is 2.62. The standard InChI is InChI=1S/C18H23N3O3.HI/c1-22-15-6-4-14(5-7-15)21-18(19)20-11-10-13-12-16(23-2)8-9-17(13)24-3;/h4-9,12H,10-11H2,1-3H3,(H3,19,20,21);1H. The zero-order valence-corrected chi connectivity index (χ0v) is 16.9. The first kappa shape index (κ1) is 20.9. The van der Waals surface area contributed by atoms with Crippen LogP contribution in [0, 0.1) is 0 Å². The third kappa shape index (κ3) is 6.33. The van der Waals surface area contributed by atoms with Gasteiger partial charge in [-0.3, -0.25) is 4.99 Å². The average molecular weight is 457 g/mol. The smallest absolute Gasteiger partial charge is 0.193 e. The summed E-state index contributed by atoms with van der Waals surface area (Å²) in [6, 6.07) is 13.2. The Morgan fingerprint density at radius 1 is 0.960 bits per heavy atom. The predicted octanol–water partition coefficient (Wildman–Crippen LogP) is 3.30. The van der Waals surface area contributed by atoms with E-state index in [1.165, 1.54) is 0 Å². The molecule has 0 aliphatic heterocycles. The van der Waals surface area contributed by atoms with Gasteiger partial charge in [0.15, 0.2) is 5.96 Å². The molecule has 2 aromatic rings. The molecule has 0 aromatic heterocycles. The number of nitrogens with zero attached hydrogens (tertiary/aromatic N) is 1. The number of rotatable bonds is 7. The Morgan fingerprint density at radius 2 is 1.60 bits per heavy atom. The Kier molecular flexibility index (Phi) is 8.90. The Balaban J connectivity index is 0.00000312. The lowest BCUT2D eigenvalue weighted by molar-refractivity contribution is 0.399. The van der Waals surface area contributed by atoms with Gasteiger partial charge in [-0.2, -0.15) is 0 Å². The number of hydrogen-bond donors (Lipinski definition) is 2. The third-order valence-corrected chi connectivity index (χ3v) is 3.51. The fourth-order valence-corrected chi connectivity index (χ4v) is 2.24. The number of nitrogens with one attached hydrogen (secondary N) is 1. The first-order valence-corrected chi connectivity index (χ1v) is 7.58. The van der Waals surface area contributed by atoms with Gasteiger partial charge in [-0.25, -0.2) is 0 Å². The molecule has 25 heavy (non-hydrogen) atoms. The van der Waals surface area contributed by atoms with Crippen LogP contribution in [0.25, 0.3) is 0 Å². The van der Waals surface area contributed by atoms with E-state index >= 15 is 0 Å². The Bertz CT molecular complexity index is 690. The summed E-state index contributed by atoms with van der Waals surface area (Å²) < 4.78 is 15.7. The zero-order chi connectivity index (χ0) is 17.4. The Labute approximate surface area is 165 Å². The molecule has 0 saturated carbocycles. The molecular weight excluding hydrogens is 433 g/mol. The molecule has 0 saturated heterocycles. The lowest BCUT2D eigenvalue weighted by Gasteiger charge is -2.10. The van der Waals surface area contributed by atoms with Gasteiger partial charge in [-0.1, -0.05) is 0 Å². The number of guanidine groups is 1. The van der Waals surface area contributed by atoms with Crippen LogP contribution < -0.4 is 25.3 Å². The monoisotopic (exact) mass is 457 g/mol. The number of benzene rings is 2. The van der Waals surface area contributed by atoms with Gasteiger partial charge in [0.05, 0.1) is 21.3 Å². The number of methoxy groups -OCH3 is 3. The highest BCUT2D eigenvalue weighted by atomic mass is 127. The van der Waals surface area contributed by atoms with Crippen LogP contribution >= 0.6 is 24.0 Å². The van der Waals surface area contributed by atoms with E-state index in [2.05, 4.69) is 10.3 Å². The highest BCUT2D eigenvalue weighted by Crippen LogP contribution is 2.24. The second-order valence-corrected chi connectivity index (χ2v) is 5.05. The maximum Gasteiger partial charge on any atom is 0.193 e. The molecule has 0 atom stereocenters. The third-order valence-electron chi connectivity index (χ3n) is 3.51. The fraction of sp³-hybridized carbons (Fsp3) is 0.278. The highest BCUT2D eigenvalue weighted by Gasteiger charge is 2.05. The Hall–Kier alpha value is -2.16. The van der Waals surface area contributed by atoms with Crippen molar-refractivity contribution in [1.29, 1.82) is 0 Å². The number of ether oxygens (including phenoxy) is 3. The van der Waals surface area contributed by atoms with Gasteiger partial charge in [-0.15, -0.1) is 24.0 Å². The van der Waals surface area contributed by atoms with E-state index in [4.69, 9.17) is 19.9 Å². The van der Waals surface area contributed by atoms with Crippen molar-refractivity contribution in [2.24, 2.45) is 10.7 Å². The molecule has 0 radical (unpaired) electrons. The highest BCUT2D eigenvalue weighted by molar-refractivity contribution is 14.0. The van der Waals surface area contributed by atoms with Crippen molar-refractivity contribution in [3.8, 4) is 17.2 Å². The van der Waals surface area contributed by atoms with Crippen molar-refractivity contribution < 1.29 is 14.2 Å². The number of anilines is 1. The fourth-order valence-electron chi connectivity index (χ4n) is 2.24. The number of halogens is 1. The van der Waals surface area contributed by atoms with E-state index in [0.29, 0.717) is 18.9 Å². The van der Waals surface area contributed by atoms with Crippen LogP contribution in [0.5, 0.6) is 17.2 Å². The van der Waals surface area contributed by atoms with E-state index in [-0.39, 0.29) is 24.0 Å². The molecule has 0 heterocycles. The number of hydrogen-bond acceptors (Lipinski definition) is 4. The molecule has 0 aliphatic rings. The van der Waals surface area contributed by atoms with Crippen LogP contribution in [-0.2, 0) is 6.42 Å². The summed E-state index contributed by atoms with van der Waals surface area (Å²) >= 11 is 0. The van der Waals surface area contributed by atoms with Crippen molar-refractivity contribution in [1.82, 2.24) is 0 Å². The summed E-state index contributed by atoms with van der Waals surface area (Å²) in [4.78, 5) is 4.34. The molecule has 136 valence electrons. The molecule has 2 rings (SSSR count). The van der Waals surface area contributed by atoms with Gasteiger partial charge in [0.1, 0.15) is 17.2 Å². The van der Waals surface area contributed by atoms with Crippen LogP contribution in [0.3, 0.4) is 0 Å². The van der Waals surface area contributed by atoms with Crippen molar-refractivity contribution in [3.63, 3.8) is 0 Å². The van der Waals surface area contributed by atoms with Crippen LogP contribution in [0.15, 0.2) is 47.5 Å². The zero-order valence-electron chi connectivity index (χ0n) is 14.6. The molecule has 3 N–H and O–H groups in total. The minimum Gasteiger partial charge on any atom is -0.497 e. The molecule has 6 nitrogen and oxygen atoms in total. The molecule has 0 fully saturated rings. The number of nitrogens with two attached hydrogens (primary N) is 1. The van der Waals surface area contributed by atoms with Gasteiger partial charge in [0.2, 0.25) is 0 Å². The summed E-state index contributed by atoms with van der Waals surface area (Å²) in [5.74, 6) is 2.76. The van der Waals surface area contributed by atoms with Gasteiger partial charge < -0.3 is 25.3 Å². The molecule has 0 amide bonds. The van der Waals surface area contributed by atoms with Crippen molar-refractivity contribution in [2.75, 3.05) is 33.2 Å². The second-order valence-electron chi connectivity index (χ2n) is 5.05. The first-order valence-electron chi connectivity index (χ1n) is 7.58. The SMILES string of the molecule is COc1ccc(NC(N)=NCCc2cc(OC)ccc2OC)cc1.I. The van der Waals surface area contributed by atoms with E-state index in [9.17, 15) is 0 Å². The summed E-state index contributed by atoms with van der Waals surface area (Å²) in [6.07, 6.45) is 0.700. The van der Waals surface area contributed by atoms with Crippen molar-refractivity contribution >= 4 is 35.6 Å². The minimum atomic E-state index is 0. The van der Waals surface area contributed by atoms with Gasteiger partial charge in [-0.05, 0) is 54.4 Å². The molecular formula is C18H24IN3O3. The molecule has 0 bridgehead atoms. The molecule has 0 spiro atoms. The maximum absolute atomic E-state index is 5.92. The summed E-state index contributed by atoms with van der Waals surface area (Å²) in [6.45, 7) is 0.540. The normalized spacial score (nSPS) is 10.6. The molecule has 0 unspecified atom stereocenters. The summed E-state index contributed by atoms with van der Waals surface area (Å²) in [5.41, 5.74) is 7.80. The molecule has 7 heteroatoms. The molecule has 0 aliphatic carbocycles. The van der Waals surface area contributed by atoms with E-state index in [1.54, 1.807) is 21.3 Å².